The monoisotopic (exact) mass is 412 g/mol. The van der Waals surface area contributed by atoms with E-state index in [1.807, 2.05) is 30.3 Å². The van der Waals surface area contributed by atoms with Crippen LogP contribution in [0.3, 0.4) is 0 Å². The zero-order valence-electron chi connectivity index (χ0n) is 16.0. The standard InChI is InChI=1S/C19H23F3N4O3/c1-25-17(11-16(24-25)19(20,21)22)28-10-7-15-12-26(9-8-23-15)18(27)29-13-14-5-3-2-4-6-14/h2-6,11,15,23H,7-10,12-13H2,1H3/t15-/m1/s1. The molecule has 1 amide bonds. The number of benzene rings is 1. The molecule has 0 radical (unpaired) electrons. The topological polar surface area (TPSA) is 68.6 Å². The molecule has 3 rings (SSSR count). The molecule has 10 heteroatoms. The van der Waals surface area contributed by atoms with Crippen LogP contribution in [-0.4, -0.2) is 53.1 Å². The van der Waals surface area contributed by atoms with E-state index in [4.69, 9.17) is 9.47 Å². The fourth-order valence-corrected chi connectivity index (χ4v) is 3.02. The predicted molar refractivity (Wildman–Crippen MR) is 98.3 cm³/mol. The Morgan fingerprint density at radius 3 is 2.76 bits per heavy atom. The number of nitrogens with zero attached hydrogens (tertiary/aromatic N) is 3. The summed E-state index contributed by atoms with van der Waals surface area (Å²) in [6.07, 6.45) is -4.37. The Morgan fingerprint density at radius 1 is 1.31 bits per heavy atom. The maximum atomic E-state index is 12.7. The van der Waals surface area contributed by atoms with Gasteiger partial charge in [0.05, 0.1) is 6.61 Å². The molecule has 1 aliphatic heterocycles. The van der Waals surface area contributed by atoms with Gasteiger partial charge in [-0.2, -0.15) is 18.3 Å². The lowest BCUT2D eigenvalue weighted by Crippen LogP contribution is -2.53. The number of amides is 1. The molecule has 2 heterocycles. The van der Waals surface area contributed by atoms with Gasteiger partial charge in [-0.25, -0.2) is 9.48 Å². The maximum Gasteiger partial charge on any atom is 0.435 e. The van der Waals surface area contributed by atoms with Crippen molar-refractivity contribution >= 4 is 6.09 Å². The van der Waals surface area contributed by atoms with Crippen molar-refractivity contribution < 1.29 is 27.4 Å². The summed E-state index contributed by atoms with van der Waals surface area (Å²) in [7, 11) is 1.40. The lowest BCUT2D eigenvalue weighted by molar-refractivity contribution is -0.141. The number of aryl methyl sites for hydroxylation is 1. The number of aromatic nitrogens is 2. The smallest absolute Gasteiger partial charge is 0.435 e. The van der Waals surface area contributed by atoms with Gasteiger partial charge in [-0.05, 0) is 12.0 Å². The number of nitrogens with one attached hydrogen (secondary N) is 1. The summed E-state index contributed by atoms with van der Waals surface area (Å²) in [5, 5.41) is 6.69. The SMILES string of the molecule is Cn1nc(C(F)(F)F)cc1OCC[C@@H]1CN(C(=O)OCc2ccccc2)CCN1. The highest BCUT2D eigenvalue weighted by molar-refractivity contribution is 5.67. The first-order valence-corrected chi connectivity index (χ1v) is 9.26. The minimum absolute atomic E-state index is 0.0386. The number of hydrogen-bond donors (Lipinski definition) is 1. The second-order valence-corrected chi connectivity index (χ2v) is 6.76. The maximum absolute atomic E-state index is 12.7. The van der Waals surface area contributed by atoms with Crippen LogP contribution >= 0.6 is 0 Å². The van der Waals surface area contributed by atoms with Gasteiger partial charge in [-0.15, -0.1) is 0 Å². The Morgan fingerprint density at radius 2 is 2.07 bits per heavy atom. The lowest BCUT2D eigenvalue weighted by Gasteiger charge is -2.33. The molecule has 0 saturated carbocycles. The van der Waals surface area contributed by atoms with Gasteiger partial charge in [-0.1, -0.05) is 30.3 Å². The summed E-state index contributed by atoms with van der Waals surface area (Å²) in [5.41, 5.74) is -0.0755. The van der Waals surface area contributed by atoms with Gasteiger partial charge in [0.1, 0.15) is 6.61 Å². The third-order valence-corrected chi connectivity index (χ3v) is 4.56. The van der Waals surface area contributed by atoms with Crippen molar-refractivity contribution in [3.05, 3.63) is 47.7 Å². The van der Waals surface area contributed by atoms with Gasteiger partial charge in [-0.3, -0.25) is 0 Å². The van der Waals surface area contributed by atoms with E-state index in [0.717, 1.165) is 16.3 Å². The summed E-state index contributed by atoms with van der Waals surface area (Å²) >= 11 is 0. The molecule has 0 unspecified atom stereocenters. The Kier molecular flexibility index (Phi) is 6.63. The van der Waals surface area contributed by atoms with Gasteiger partial charge in [0.25, 0.3) is 0 Å². The van der Waals surface area contributed by atoms with E-state index in [1.54, 1.807) is 4.90 Å². The number of piperazine rings is 1. The van der Waals surface area contributed by atoms with E-state index in [1.165, 1.54) is 7.05 Å². The molecule has 1 aliphatic rings. The van der Waals surface area contributed by atoms with E-state index in [2.05, 4.69) is 10.4 Å². The second kappa shape index (κ2) is 9.17. The minimum Gasteiger partial charge on any atom is -0.478 e. The van der Waals surface area contributed by atoms with E-state index < -0.39 is 11.9 Å². The van der Waals surface area contributed by atoms with Crippen LogP contribution in [0.5, 0.6) is 5.88 Å². The normalized spacial score (nSPS) is 17.2. The lowest BCUT2D eigenvalue weighted by atomic mass is 10.1. The van der Waals surface area contributed by atoms with Crippen LogP contribution in [0.15, 0.2) is 36.4 Å². The summed E-state index contributed by atoms with van der Waals surface area (Å²) in [6.45, 7) is 1.98. The number of halogens is 3. The Balaban J connectivity index is 1.44. The van der Waals surface area contributed by atoms with E-state index in [0.29, 0.717) is 26.1 Å². The number of carbonyl (C=O) groups is 1. The van der Waals surface area contributed by atoms with Crippen molar-refractivity contribution in [2.75, 3.05) is 26.2 Å². The average molecular weight is 412 g/mol. The van der Waals surface area contributed by atoms with Crippen molar-refractivity contribution in [1.82, 2.24) is 20.0 Å². The average Bonchev–Trinajstić information content (AvgIpc) is 3.08. The first-order valence-electron chi connectivity index (χ1n) is 9.26. The van der Waals surface area contributed by atoms with Gasteiger partial charge in [0.15, 0.2) is 5.69 Å². The molecular weight excluding hydrogens is 389 g/mol. The zero-order valence-corrected chi connectivity index (χ0v) is 16.0. The highest BCUT2D eigenvalue weighted by atomic mass is 19.4. The minimum atomic E-state index is -4.51. The molecule has 7 nitrogen and oxygen atoms in total. The largest absolute Gasteiger partial charge is 0.478 e. The number of ether oxygens (including phenoxy) is 2. The fraction of sp³-hybridized carbons (Fsp3) is 0.474. The van der Waals surface area contributed by atoms with E-state index >= 15 is 0 Å². The third-order valence-electron chi connectivity index (χ3n) is 4.56. The van der Waals surface area contributed by atoms with Crippen molar-refractivity contribution in [2.24, 2.45) is 7.05 Å². The molecule has 158 valence electrons. The van der Waals surface area contributed by atoms with Crippen LogP contribution in [0.2, 0.25) is 0 Å². The van der Waals surface area contributed by atoms with E-state index in [9.17, 15) is 18.0 Å². The highest BCUT2D eigenvalue weighted by Crippen LogP contribution is 2.30. The number of hydrogen-bond acceptors (Lipinski definition) is 5. The molecule has 0 bridgehead atoms. The molecular formula is C19H23F3N4O3. The molecule has 29 heavy (non-hydrogen) atoms. The van der Waals surface area contributed by atoms with Crippen LogP contribution in [0.25, 0.3) is 0 Å². The molecule has 1 fully saturated rings. The van der Waals surface area contributed by atoms with Gasteiger partial charge >= 0.3 is 12.3 Å². The van der Waals surface area contributed by atoms with Gasteiger partial charge in [0, 0.05) is 38.8 Å². The van der Waals surface area contributed by atoms with Gasteiger partial charge < -0.3 is 19.7 Å². The fourth-order valence-electron chi connectivity index (χ4n) is 3.02. The quantitative estimate of drug-likeness (QED) is 0.790. The third kappa shape index (κ3) is 5.86. The molecule has 1 N–H and O–H groups in total. The molecule has 1 saturated heterocycles. The molecule has 1 aromatic heterocycles. The van der Waals surface area contributed by atoms with E-state index in [-0.39, 0.29) is 31.2 Å². The molecule has 2 aromatic rings. The molecule has 0 aliphatic carbocycles. The Bertz CT molecular complexity index is 811. The van der Waals surface area contributed by atoms with Gasteiger partial charge in [0.2, 0.25) is 5.88 Å². The van der Waals surface area contributed by atoms with Crippen molar-refractivity contribution in [3.63, 3.8) is 0 Å². The Hall–Kier alpha value is -2.75. The van der Waals surface area contributed by atoms with Crippen molar-refractivity contribution in [2.45, 2.75) is 25.2 Å². The predicted octanol–water partition coefficient (Wildman–Crippen LogP) is 2.82. The summed E-state index contributed by atoms with van der Waals surface area (Å²) in [4.78, 5) is 13.9. The summed E-state index contributed by atoms with van der Waals surface area (Å²) < 4.78 is 49.9. The summed E-state index contributed by atoms with van der Waals surface area (Å²) in [5.74, 6) is 0.0484. The Labute approximate surface area is 166 Å². The zero-order chi connectivity index (χ0) is 20.9. The number of carbonyl (C=O) groups excluding carboxylic acids is 1. The van der Waals surface area contributed by atoms with Crippen LogP contribution in [0.4, 0.5) is 18.0 Å². The van der Waals surface area contributed by atoms with Crippen LogP contribution in [0, 0.1) is 0 Å². The van der Waals surface area contributed by atoms with Crippen molar-refractivity contribution in [1.29, 1.82) is 0 Å². The first-order chi connectivity index (χ1) is 13.8. The molecule has 0 spiro atoms. The molecule has 1 atom stereocenters. The highest BCUT2D eigenvalue weighted by Gasteiger charge is 2.35. The summed E-state index contributed by atoms with van der Waals surface area (Å²) in [6, 6.07) is 10.3. The number of rotatable bonds is 6. The first kappa shape index (κ1) is 21.0. The van der Waals surface area contributed by atoms with Crippen LogP contribution < -0.4 is 10.1 Å². The molecule has 1 aromatic carbocycles. The van der Waals surface area contributed by atoms with Crippen molar-refractivity contribution in [3.8, 4) is 5.88 Å². The van der Waals surface area contributed by atoms with Crippen LogP contribution in [-0.2, 0) is 24.6 Å². The number of alkyl halides is 3. The second-order valence-electron chi connectivity index (χ2n) is 6.76. The van der Waals surface area contributed by atoms with Crippen LogP contribution in [0.1, 0.15) is 17.7 Å².